The van der Waals surface area contributed by atoms with Crippen LogP contribution in [0.25, 0.3) is 27.7 Å². The summed E-state index contributed by atoms with van der Waals surface area (Å²) >= 11 is 0. The lowest BCUT2D eigenvalue weighted by molar-refractivity contribution is 0.749. The summed E-state index contributed by atoms with van der Waals surface area (Å²) in [4.78, 5) is 4.61. The minimum absolute atomic E-state index is 0.0284. The fourth-order valence-electron chi connectivity index (χ4n) is 3.63. The number of nitrogens with two attached hydrogens (primary N) is 1. The van der Waals surface area contributed by atoms with Crippen LogP contribution in [0, 0.1) is 0 Å². The summed E-state index contributed by atoms with van der Waals surface area (Å²) < 4.78 is 3.54. The third-order valence-electron chi connectivity index (χ3n) is 5.48. The summed E-state index contributed by atoms with van der Waals surface area (Å²) in [6.45, 7) is 3.91. The summed E-state index contributed by atoms with van der Waals surface area (Å²) in [5.41, 5.74) is 6.11. The van der Waals surface area contributed by atoms with Gasteiger partial charge in [0.25, 0.3) is 0 Å². The van der Waals surface area contributed by atoms with Crippen LogP contribution < -0.4 is 5.84 Å². The Morgan fingerprint density at radius 2 is 1.94 bits per heavy atom. The SMILES string of the molecule is C/C(=N/N)c1ccc2nnc(C(C)c3ccc4ncc(-c5cnn(C)c5)cc4c3)n2n1. The van der Waals surface area contributed by atoms with Crippen molar-refractivity contribution >= 4 is 22.3 Å². The monoisotopic (exact) mass is 411 g/mol. The van der Waals surface area contributed by atoms with Crippen molar-refractivity contribution in [2.45, 2.75) is 19.8 Å². The first-order chi connectivity index (χ1) is 15.0. The smallest absolute Gasteiger partial charge is 0.177 e. The van der Waals surface area contributed by atoms with Gasteiger partial charge in [-0.1, -0.05) is 13.0 Å². The Kier molecular flexibility index (Phi) is 4.43. The molecule has 5 rings (SSSR count). The van der Waals surface area contributed by atoms with Gasteiger partial charge < -0.3 is 5.84 Å². The zero-order chi connectivity index (χ0) is 21.5. The van der Waals surface area contributed by atoms with E-state index < -0.39 is 0 Å². The third kappa shape index (κ3) is 3.29. The molecule has 0 saturated heterocycles. The average Bonchev–Trinajstić information content (AvgIpc) is 3.43. The zero-order valence-electron chi connectivity index (χ0n) is 17.4. The lowest BCUT2D eigenvalue weighted by Gasteiger charge is -2.11. The van der Waals surface area contributed by atoms with Gasteiger partial charge >= 0.3 is 0 Å². The van der Waals surface area contributed by atoms with Gasteiger partial charge in [-0.3, -0.25) is 9.67 Å². The van der Waals surface area contributed by atoms with Crippen LogP contribution >= 0.6 is 0 Å². The number of hydrazone groups is 1. The maximum Gasteiger partial charge on any atom is 0.177 e. The molecule has 0 aliphatic carbocycles. The number of aromatic nitrogens is 7. The Hall–Kier alpha value is -4.14. The Morgan fingerprint density at radius 1 is 1.06 bits per heavy atom. The highest BCUT2D eigenvalue weighted by Crippen LogP contribution is 2.28. The predicted octanol–water partition coefficient (Wildman–Crippen LogP) is 2.91. The molecule has 5 aromatic rings. The molecule has 1 atom stereocenters. The first-order valence-electron chi connectivity index (χ1n) is 9.89. The van der Waals surface area contributed by atoms with Crippen molar-refractivity contribution in [3.63, 3.8) is 0 Å². The van der Waals surface area contributed by atoms with Crippen LogP contribution in [0.3, 0.4) is 0 Å². The molecule has 0 fully saturated rings. The molecular formula is C22H21N9. The number of aryl methyl sites for hydroxylation is 1. The highest BCUT2D eigenvalue weighted by atomic mass is 15.4. The van der Waals surface area contributed by atoms with E-state index in [1.54, 1.807) is 9.20 Å². The topological polar surface area (TPSA) is 112 Å². The molecule has 31 heavy (non-hydrogen) atoms. The Balaban J connectivity index is 1.57. The lowest BCUT2D eigenvalue weighted by Crippen LogP contribution is -2.09. The van der Waals surface area contributed by atoms with Gasteiger partial charge in [-0.15, -0.1) is 10.2 Å². The Labute approximate surface area is 178 Å². The minimum Gasteiger partial charge on any atom is -0.323 e. The Bertz CT molecular complexity index is 1440. The normalized spacial score (nSPS) is 13.2. The van der Waals surface area contributed by atoms with E-state index in [-0.39, 0.29) is 5.92 Å². The maximum atomic E-state index is 5.42. The molecule has 2 N–H and O–H groups in total. The molecule has 9 nitrogen and oxygen atoms in total. The second-order valence-electron chi connectivity index (χ2n) is 7.56. The molecule has 0 radical (unpaired) electrons. The van der Waals surface area contributed by atoms with Gasteiger partial charge in [-0.05, 0) is 42.8 Å². The van der Waals surface area contributed by atoms with Gasteiger partial charge in [-0.2, -0.15) is 19.8 Å². The predicted molar refractivity (Wildman–Crippen MR) is 119 cm³/mol. The van der Waals surface area contributed by atoms with Crippen molar-refractivity contribution in [2.75, 3.05) is 0 Å². The van der Waals surface area contributed by atoms with Crippen LogP contribution in [-0.2, 0) is 7.05 Å². The van der Waals surface area contributed by atoms with Crippen molar-refractivity contribution in [1.82, 2.24) is 34.6 Å². The fourth-order valence-corrected chi connectivity index (χ4v) is 3.63. The molecule has 4 aromatic heterocycles. The van der Waals surface area contributed by atoms with E-state index in [4.69, 9.17) is 5.84 Å². The minimum atomic E-state index is -0.0284. The van der Waals surface area contributed by atoms with Crippen LogP contribution in [0.1, 0.15) is 36.8 Å². The number of nitrogens with zero attached hydrogens (tertiary/aromatic N) is 8. The first-order valence-corrected chi connectivity index (χ1v) is 9.89. The summed E-state index contributed by atoms with van der Waals surface area (Å²) in [5, 5.41) is 22.3. The lowest BCUT2D eigenvalue weighted by atomic mass is 9.98. The van der Waals surface area contributed by atoms with Gasteiger partial charge in [0.1, 0.15) is 5.69 Å². The maximum absolute atomic E-state index is 5.42. The van der Waals surface area contributed by atoms with Gasteiger partial charge in [0.2, 0.25) is 0 Å². The highest BCUT2D eigenvalue weighted by Gasteiger charge is 2.18. The highest BCUT2D eigenvalue weighted by molar-refractivity contribution is 5.96. The molecule has 0 aliphatic rings. The summed E-state index contributed by atoms with van der Waals surface area (Å²) in [5.74, 6) is 6.14. The van der Waals surface area contributed by atoms with E-state index in [2.05, 4.69) is 55.6 Å². The molecule has 0 saturated carbocycles. The zero-order valence-corrected chi connectivity index (χ0v) is 17.4. The first kappa shape index (κ1) is 18.9. The Morgan fingerprint density at radius 3 is 2.71 bits per heavy atom. The second kappa shape index (κ2) is 7.28. The summed E-state index contributed by atoms with van der Waals surface area (Å²) in [6.07, 6.45) is 5.70. The van der Waals surface area contributed by atoms with E-state index in [1.807, 2.05) is 50.8 Å². The van der Waals surface area contributed by atoms with Gasteiger partial charge in [-0.25, -0.2) is 0 Å². The molecule has 0 amide bonds. The standard InChI is InChI=1S/C22H21N9/c1-13(22-28-27-21-7-6-19(14(2)26-23)29-31(21)22)15-4-5-20-16(8-15)9-17(10-24-20)18-11-25-30(3)12-18/h4-13H,23H2,1-3H3/b26-14-. The van der Waals surface area contributed by atoms with Gasteiger partial charge in [0, 0.05) is 41.9 Å². The number of benzene rings is 1. The third-order valence-corrected chi connectivity index (χ3v) is 5.48. The number of rotatable bonds is 4. The second-order valence-corrected chi connectivity index (χ2v) is 7.56. The average molecular weight is 411 g/mol. The number of hydrogen-bond donors (Lipinski definition) is 1. The number of hydrogen-bond acceptors (Lipinski definition) is 7. The van der Waals surface area contributed by atoms with Crippen molar-refractivity contribution in [1.29, 1.82) is 0 Å². The number of fused-ring (bicyclic) bond motifs is 2. The molecule has 154 valence electrons. The van der Waals surface area contributed by atoms with Crippen LogP contribution in [0.15, 0.2) is 60.1 Å². The van der Waals surface area contributed by atoms with Crippen molar-refractivity contribution in [3.05, 3.63) is 72.1 Å². The van der Waals surface area contributed by atoms with E-state index in [9.17, 15) is 0 Å². The van der Waals surface area contributed by atoms with Crippen LogP contribution in [0.2, 0.25) is 0 Å². The molecule has 0 aliphatic heterocycles. The molecule has 1 aromatic carbocycles. The summed E-state index contributed by atoms with van der Waals surface area (Å²) in [6, 6.07) is 12.1. The molecule has 9 heteroatoms. The van der Waals surface area contributed by atoms with E-state index >= 15 is 0 Å². The molecule has 0 spiro atoms. The largest absolute Gasteiger partial charge is 0.323 e. The number of pyridine rings is 1. The fraction of sp³-hybridized carbons (Fsp3) is 0.182. The van der Waals surface area contributed by atoms with Gasteiger partial charge in [0.05, 0.1) is 17.4 Å². The molecular weight excluding hydrogens is 390 g/mol. The van der Waals surface area contributed by atoms with Crippen LogP contribution in [0.5, 0.6) is 0 Å². The quantitative estimate of drug-likeness (QED) is 0.276. The molecule has 4 heterocycles. The van der Waals surface area contributed by atoms with Crippen molar-refractivity contribution in [2.24, 2.45) is 18.0 Å². The van der Waals surface area contributed by atoms with Crippen molar-refractivity contribution < 1.29 is 0 Å². The van der Waals surface area contributed by atoms with E-state index in [0.29, 0.717) is 17.1 Å². The van der Waals surface area contributed by atoms with Crippen LogP contribution in [0.4, 0.5) is 0 Å². The summed E-state index contributed by atoms with van der Waals surface area (Å²) in [7, 11) is 1.90. The van der Waals surface area contributed by atoms with E-state index in [0.717, 1.165) is 33.4 Å². The van der Waals surface area contributed by atoms with Gasteiger partial charge in [0.15, 0.2) is 11.5 Å². The molecule has 0 bridgehead atoms. The van der Waals surface area contributed by atoms with E-state index in [1.165, 1.54) is 0 Å². The molecule has 1 unspecified atom stereocenters. The van der Waals surface area contributed by atoms with Crippen LogP contribution in [-0.4, -0.2) is 40.3 Å². The van der Waals surface area contributed by atoms with Crippen molar-refractivity contribution in [3.8, 4) is 11.1 Å².